The maximum absolute atomic E-state index is 12.4. The van der Waals surface area contributed by atoms with E-state index in [4.69, 9.17) is 9.47 Å². The van der Waals surface area contributed by atoms with E-state index in [1.165, 1.54) is 27.8 Å². The number of aliphatic hydroxyl groups is 1. The van der Waals surface area contributed by atoms with Crippen LogP contribution in [0.5, 0.6) is 5.75 Å². The first kappa shape index (κ1) is 34.6. The Kier molecular flexibility index (Phi) is 11.1. The van der Waals surface area contributed by atoms with Gasteiger partial charge >= 0.3 is 7.60 Å². The molecule has 0 aliphatic heterocycles. The lowest BCUT2D eigenvalue weighted by Gasteiger charge is -2.28. The quantitative estimate of drug-likeness (QED) is 0.0324. The van der Waals surface area contributed by atoms with E-state index >= 15 is 0 Å². The van der Waals surface area contributed by atoms with Crippen molar-refractivity contribution < 1.29 is 43.2 Å². The van der Waals surface area contributed by atoms with Crippen LogP contribution in [0.1, 0.15) is 24.0 Å². The van der Waals surface area contributed by atoms with Crippen molar-refractivity contribution in [3.63, 3.8) is 0 Å². The molecular formula is C33H37N3O9P2. The molecule has 0 saturated carbocycles. The number of hydrogen-bond acceptors (Lipinski definition) is 8. The van der Waals surface area contributed by atoms with Crippen LogP contribution in [0.4, 0.5) is 0 Å². The zero-order chi connectivity index (χ0) is 33.6. The van der Waals surface area contributed by atoms with Crippen molar-refractivity contribution in [1.29, 1.82) is 0 Å². The van der Waals surface area contributed by atoms with E-state index in [1.54, 1.807) is 36.2 Å². The average Bonchev–Trinajstić information content (AvgIpc) is 3.04. The second-order valence-electron chi connectivity index (χ2n) is 11.4. The number of nitrogens with one attached hydrogen (secondary N) is 1. The molecule has 14 heteroatoms. The van der Waals surface area contributed by atoms with Gasteiger partial charge in [-0.25, -0.2) is 5.43 Å². The first-order chi connectivity index (χ1) is 22.5. The van der Waals surface area contributed by atoms with Crippen LogP contribution < -0.4 is 10.2 Å². The van der Waals surface area contributed by atoms with Gasteiger partial charge < -0.3 is 34.2 Å². The molecule has 1 amide bonds. The van der Waals surface area contributed by atoms with Gasteiger partial charge in [-0.3, -0.25) is 13.9 Å². The zero-order valence-electron chi connectivity index (χ0n) is 25.7. The highest BCUT2D eigenvalue weighted by molar-refractivity contribution is 7.66. The Balaban J connectivity index is 1.05. The first-order valence-corrected chi connectivity index (χ1v) is 17.9. The molecule has 0 spiro atoms. The standard InChI is InChI=1S/C33H37N3O9P2/c1-36(17-15-33(38,46(39)40)47(41,42)43)16-4-18-45-28-8-2-5-23(19-28)20-34-35-30(37)22-44-21-27-12-11-26-10-9-24-6-3-7-25-13-14-29(27)32(26)31(24)25/h2-3,5-14,19-20,38,46H,4,15-18,21-22H2,1H3,(H,35,37)(H,39,40)(H2,41,42,43)/b34-20+. The highest BCUT2D eigenvalue weighted by Crippen LogP contribution is 2.61. The highest BCUT2D eigenvalue weighted by atomic mass is 31.2. The van der Waals surface area contributed by atoms with Crippen LogP contribution in [0.15, 0.2) is 84.0 Å². The van der Waals surface area contributed by atoms with Crippen molar-refractivity contribution in [2.45, 2.75) is 24.5 Å². The predicted octanol–water partition coefficient (Wildman–Crippen LogP) is 4.63. The monoisotopic (exact) mass is 681 g/mol. The topological polar surface area (TPSA) is 178 Å². The Hall–Kier alpha value is -3.70. The normalized spacial score (nSPS) is 14.3. The van der Waals surface area contributed by atoms with E-state index in [-0.39, 0.29) is 25.7 Å². The molecular weight excluding hydrogens is 644 g/mol. The molecule has 0 aromatic heterocycles. The molecule has 47 heavy (non-hydrogen) atoms. The SMILES string of the molecule is CN(CCCOc1cccc(/C=N/NC(=O)COCc2ccc3ccc4cccc5ccc2c3c45)c1)CCC(O)([PH](=O)O)P(=O)(O)O. The Labute approximate surface area is 272 Å². The van der Waals surface area contributed by atoms with Gasteiger partial charge in [0, 0.05) is 19.5 Å². The largest absolute Gasteiger partial charge is 0.494 e. The van der Waals surface area contributed by atoms with Gasteiger partial charge in [0.1, 0.15) is 12.4 Å². The molecule has 2 atom stereocenters. The smallest absolute Gasteiger partial charge is 0.366 e. The van der Waals surface area contributed by atoms with Gasteiger partial charge in [0.25, 0.3) is 5.91 Å². The fourth-order valence-electron chi connectivity index (χ4n) is 5.43. The lowest BCUT2D eigenvalue weighted by Crippen LogP contribution is -2.31. The van der Waals surface area contributed by atoms with Crippen LogP contribution in [-0.2, 0) is 25.3 Å². The molecule has 5 aromatic carbocycles. The van der Waals surface area contributed by atoms with Gasteiger partial charge in [-0.2, -0.15) is 5.10 Å². The lowest BCUT2D eigenvalue weighted by atomic mass is 9.92. The number of hydrazone groups is 1. The van der Waals surface area contributed by atoms with E-state index in [2.05, 4.69) is 59.1 Å². The summed E-state index contributed by atoms with van der Waals surface area (Å²) in [5.41, 5.74) is 4.18. The molecule has 0 aliphatic carbocycles. The third-order valence-electron chi connectivity index (χ3n) is 7.99. The average molecular weight is 682 g/mol. The summed E-state index contributed by atoms with van der Waals surface area (Å²) in [5.74, 6) is 0.190. The number of rotatable bonds is 16. The minimum atomic E-state index is -5.18. The number of benzene rings is 5. The third kappa shape index (κ3) is 8.24. The Morgan fingerprint density at radius 3 is 2.40 bits per heavy atom. The minimum Gasteiger partial charge on any atom is -0.494 e. The summed E-state index contributed by atoms with van der Waals surface area (Å²) in [6.45, 7) is 0.899. The molecule has 0 aliphatic rings. The van der Waals surface area contributed by atoms with Crippen molar-refractivity contribution >= 4 is 60.1 Å². The van der Waals surface area contributed by atoms with Gasteiger partial charge in [-0.1, -0.05) is 66.7 Å². The molecule has 5 N–H and O–H groups in total. The fourth-order valence-corrected chi connectivity index (χ4v) is 7.14. The molecule has 0 saturated heterocycles. The summed E-state index contributed by atoms with van der Waals surface area (Å²) < 4.78 is 34.3. The van der Waals surface area contributed by atoms with E-state index in [9.17, 15) is 33.7 Å². The summed E-state index contributed by atoms with van der Waals surface area (Å²) in [6, 6.07) is 26.0. The summed E-state index contributed by atoms with van der Waals surface area (Å²) >= 11 is 0. The summed E-state index contributed by atoms with van der Waals surface area (Å²) in [6.07, 6.45) is 1.49. The molecule has 0 fully saturated rings. The predicted molar refractivity (Wildman–Crippen MR) is 182 cm³/mol. The molecule has 5 aromatic rings. The van der Waals surface area contributed by atoms with Gasteiger partial charge in [0.2, 0.25) is 13.1 Å². The van der Waals surface area contributed by atoms with E-state index < -0.39 is 27.1 Å². The van der Waals surface area contributed by atoms with Crippen LogP contribution in [-0.4, -0.2) is 75.2 Å². The van der Waals surface area contributed by atoms with Crippen molar-refractivity contribution in [3.8, 4) is 5.75 Å². The molecule has 2 unspecified atom stereocenters. The van der Waals surface area contributed by atoms with Crippen molar-refractivity contribution in [2.75, 3.05) is 33.4 Å². The van der Waals surface area contributed by atoms with Crippen molar-refractivity contribution in [3.05, 3.63) is 90.0 Å². The van der Waals surface area contributed by atoms with Gasteiger partial charge in [0.15, 0.2) is 0 Å². The van der Waals surface area contributed by atoms with Crippen molar-refractivity contribution in [2.24, 2.45) is 5.10 Å². The zero-order valence-corrected chi connectivity index (χ0v) is 27.6. The number of nitrogens with zero attached hydrogens (tertiary/aromatic N) is 2. The molecule has 0 heterocycles. The molecule has 12 nitrogen and oxygen atoms in total. The summed E-state index contributed by atoms with van der Waals surface area (Å²) in [4.78, 5) is 41.8. The highest BCUT2D eigenvalue weighted by Gasteiger charge is 2.50. The second kappa shape index (κ2) is 15.0. The lowest BCUT2D eigenvalue weighted by molar-refractivity contribution is -0.126. The fraction of sp³-hybridized carbons (Fsp3) is 0.273. The molecule has 5 rings (SSSR count). The van der Waals surface area contributed by atoms with Gasteiger partial charge in [-0.05, 0) is 69.0 Å². The maximum atomic E-state index is 12.4. The van der Waals surface area contributed by atoms with Crippen LogP contribution >= 0.6 is 15.6 Å². The molecule has 248 valence electrons. The second-order valence-corrected chi connectivity index (χ2v) is 15.0. The number of hydrogen-bond donors (Lipinski definition) is 5. The van der Waals surface area contributed by atoms with Crippen LogP contribution in [0.2, 0.25) is 0 Å². The molecule has 0 bridgehead atoms. The number of carbonyl (C=O) groups is 1. The number of carbonyl (C=O) groups excluding carboxylic acids is 1. The number of amides is 1. The van der Waals surface area contributed by atoms with Crippen LogP contribution in [0.25, 0.3) is 32.3 Å². The van der Waals surface area contributed by atoms with E-state index in [1.807, 2.05) is 6.07 Å². The Bertz CT molecular complexity index is 1950. The summed E-state index contributed by atoms with van der Waals surface area (Å²) in [7, 11) is -7.39. The van der Waals surface area contributed by atoms with Gasteiger partial charge in [0.05, 0.1) is 19.4 Å². The number of ether oxygens (including phenoxy) is 2. The Morgan fingerprint density at radius 1 is 1.00 bits per heavy atom. The molecule has 0 radical (unpaired) electrons. The van der Waals surface area contributed by atoms with Crippen molar-refractivity contribution in [1.82, 2.24) is 10.3 Å². The van der Waals surface area contributed by atoms with Gasteiger partial charge in [-0.15, -0.1) is 0 Å². The van der Waals surface area contributed by atoms with E-state index in [0.29, 0.717) is 30.9 Å². The maximum Gasteiger partial charge on any atom is 0.366 e. The van der Waals surface area contributed by atoms with Crippen LogP contribution in [0, 0.1) is 0 Å². The third-order valence-corrected chi connectivity index (χ3v) is 11.6. The Morgan fingerprint density at radius 2 is 1.68 bits per heavy atom. The van der Waals surface area contributed by atoms with E-state index in [0.717, 1.165) is 16.3 Å². The minimum absolute atomic E-state index is 0.00128. The van der Waals surface area contributed by atoms with Crippen LogP contribution in [0.3, 0.4) is 0 Å². The summed E-state index contributed by atoms with van der Waals surface area (Å²) in [5, 5.41) is 18.1. The first-order valence-electron chi connectivity index (χ1n) is 14.9.